The van der Waals surface area contributed by atoms with Crippen molar-refractivity contribution in [1.29, 1.82) is 0 Å². The first-order chi connectivity index (χ1) is 11.6. The Labute approximate surface area is 143 Å². The normalized spacial score (nSPS) is 13.6. The van der Waals surface area contributed by atoms with Crippen molar-refractivity contribution in [3.8, 4) is 5.75 Å². The first-order valence-corrected chi connectivity index (χ1v) is 7.65. The molecule has 3 rings (SSSR count). The van der Waals surface area contributed by atoms with Gasteiger partial charge in [0.2, 0.25) is 0 Å². The van der Waals surface area contributed by atoms with E-state index >= 15 is 0 Å². The minimum Gasteiger partial charge on any atom is -0.497 e. The number of hydrogen-bond acceptors (Lipinski definition) is 4. The summed E-state index contributed by atoms with van der Waals surface area (Å²) in [5.74, 6) is 0.317. The molecule has 124 valence electrons. The van der Waals surface area contributed by atoms with Crippen molar-refractivity contribution in [3.05, 3.63) is 53.1 Å². The van der Waals surface area contributed by atoms with E-state index in [0.717, 1.165) is 0 Å². The average Bonchev–Trinajstić information content (AvgIpc) is 3.02. The lowest BCUT2D eigenvalue weighted by Gasteiger charge is -2.13. The molecule has 0 aromatic heterocycles. The number of nitrogens with zero attached hydrogens (tertiary/aromatic N) is 1. The quantitative estimate of drug-likeness (QED) is 0.919. The summed E-state index contributed by atoms with van der Waals surface area (Å²) in [7, 11) is 1.54. The monoisotopic (exact) mass is 346 g/mol. The maximum absolute atomic E-state index is 12.3. The van der Waals surface area contributed by atoms with E-state index in [9.17, 15) is 9.59 Å². The molecule has 0 unspecified atom stereocenters. The van der Waals surface area contributed by atoms with Crippen LogP contribution in [0.25, 0.3) is 0 Å². The van der Waals surface area contributed by atoms with Crippen LogP contribution >= 0.6 is 11.6 Å². The Hall–Kier alpha value is -2.73. The van der Waals surface area contributed by atoms with Crippen molar-refractivity contribution in [2.45, 2.75) is 0 Å². The highest BCUT2D eigenvalue weighted by Crippen LogP contribution is 2.27. The van der Waals surface area contributed by atoms with Crippen molar-refractivity contribution in [1.82, 2.24) is 0 Å². The molecular weight excluding hydrogens is 332 g/mol. The number of methoxy groups -OCH3 is 1. The van der Waals surface area contributed by atoms with Crippen LogP contribution in [0, 0.1) is 0 Å². The first-order valence-electron chi connectivity index (χ1n) is 7.28. The molecule has 1 N–H and O–H groups in total. The molecule has 2 aromatic rings. The van der Waals surface area contributed by atoms with Gasteiger partial charge in [0.15, 0.2) is 0 Å². The van der Waals surface area contributed by atoms with E-state index in [-0.39, 0.29) is 12.0 Å². The van der Waals surface area contributed by atoms with Crippen LogP contribution in [0.3, 0.4) is 0 Å². The number of anilines is 2. The van der Waals surface area contributed by atoms with Crippen molar-refractivity contribution in [3.63, 3.8) is 0 Å². The first kappa shape index (κ1) is 16.1. The number of cyclic esters (lactones) is 1. The summed E-state index contributed by atoms with van der Waals surface area (Å²) in [6, 6.07) is 11.7. The van der Waals surface area contributed by atoms with Gasteiger partial charge in [-0.05, 0) is 36.4 Å². The maximum atomic E-state index is 12.3. The summed E-state index contributed by atoms with van der Waals surface area (Å²) in [5, 5.41) is 3.13. The Bertz CT molecular complexity index is 777. The van der Waals surface area contributed by atoms with Crippen molar-refractivity contribution in [2.75, 3.05) is 30.5 Å². The number of benzene rings is 2. The Morgan fingerprint density at radius 1 is 1.25 bits per heavy atom. The maximum Gasteiger partial charge on any atom is 0.414 e. The standard InChI is InChI=1S/C17H15ClN2O4/c1-23-13-6-7-15(14(18)10-13)19-16(21)11-2-4-12(5-3-11)20-8-9-24-17(20)22/h2-7,10H,8-9H2,1H3,(H,19,21). The summed E-state index contributed by atoms with van der Waals surface area (Å²) in [5.41, 5.74) is 1.64. The van der Waals surface area contributed by atoms with E-state index in [4.69, 9.17) is 21.1 Å². The number of ether oxygens (including phenoxy) is 2. The van der Waals surface area contributed by atoms with E-state index in [1.807, 2.05) is 0 Å². The van der Waals surface area contributed by atoms with Gasteiger partial charge in [-0.1, -0.05) is 11.6 Å². The Morgan fingerprint density at radius 2 is 2.00 bits per heavy atom. The van der Waals surface area contributed by atoms with Crippen molar-refractivity contribution in [2.24, 2.45) is 0 Å². The second-order valence-corrected chi connectivity index (χ2v) is 5.52. The smallest absolute Gasteiger partial charge is 0.414 e. The number of hydrogen-bond donors (Lipinski definition) is 1. The molecule has 0 atom stereocenters. The SMILES string of the molecule is COc1ccc(NC(=O)c2ccc(N3CCOC3=O)cc2)c(Cl)c1. The van der Waals surface area contributed by atoms with Gasteiger partial charge in [0.1, 0.15) is 12.4 Å². The predicted octanol–water partition coefficient (Wildman–Crippen LogP) is 3.56. The van der Waals surface area contributed by atoms with E-state index in [2.05, 4.69) is 5.32 Å². The van der Waals surface area contributed by atoms with Crippen LogP contribution in [-0.2, 0) is 4.74 Å². The lowest BCUT2D eigenvalue weighted by molar-refractivity contribution is 0.102. The molecule has 1 heterocycles. The molecule has 0 saturated carbocycles. The summed E-state index contributed by atoms with van der Waals surface area (Å²) in [6.07, 6.45) is -0.378. The second kappa shape index (κ2) is 6.80. The van der Waals surface area contributed by atoms with Gasteiger partial charge in [0.05, 0.1) is 24.4 Å². The molecule has 0 radical (unpaired) electrons. The molecule has 1 fully saturated rings. The number of rotatable bonds is 4. The van der Waals surface area contributed by atoms with Crippen LogP contribution in [0.15, 0.2) is 42.5 Å². The molecule has 0 spiro atoms. The van der Waals surface area contributed by atoms with Crippen LogP contribution in [0.4, 0.5) is 16.2 Å². The molecule has 1 saturated heterocycles. The molecular formula is C17H15ClN2O4. The van der Waals surface area contributed by atoms with Gasteiger partial charge >= 0.3 is 6.09 Å². The summed E-state index contributed by atoms with van der Waals surface area (Å²) in [4.78, 5) is 25.4. The van der Waals surface area contributed by atoms with Crippen LogP contribution < -0.4 is 15.0 Å². The highest BCUT2D eigenvalue weighted by atomic mass is 35.5. The molecule has 1 aliphatic heterocycles. The number of nitrogens with one attached hydrogen (secondary N) is 1. The predicted molar refractivity (Wildman–Crippen MR) is 91.1 cm³/mol. The van der Waals surface area contributed by atoms with E-state index in [1.165, 1.54) is 4.90 Å². The number of carbonyl (C=O) groups is 2. The van der Waals surface area contributed by atoms with Crippen LogP contribution in [0.2, 0.25) is 5.02 Å². The molecule has 6 nitrogen and oxygen atoms in total. The second-order valence-electron chi connectivity index (χ2n) is 5.11. The zero-order valence-corrected chi connectivity index (χ0v) is 13.7. The lowest BCUT2D eigenvalue weighted by atomic mass is 10.1. The fourth-order valence-corrected chi connectivity index (χ4v) is 2.56. The fourth-order valence-electron chi connectivity index (χ4n) is 2.34. The zero-order chi connectivity index (χ0) is 17.1. The average molecular weight is 347 g/mol. The number of carbonyl (C=O) groups excluding carboxylic acids is 2. The third-order valence-corrected chi connectivity index (χ3v) is 3.94. The van der Waals surface area contributed by atoms with E-state index < -0.39 is 0 Å². The van der Waals surface area contributed by atoms with E-state index in [0.29, 0.717) is 40.9 Å². The summed E-state index contributed by atoms with van der Waals surface area (Å²) in [6.45, 7) is 0.878. The largest absolute Gasteiger partial charge is 0.497 e. The number of amides is 2. The molecule has 2 aromatic carbocycles. The van der Waals surface area contributed by atoms with Crippen molar-refractivity contribution >= 4 is 35.0 Å². The van der Waals surface area contributed by atoms with Gasteiger partial charge in [-0.15, -0.1) is 0 Å². The topological polar surface area (TPSA) is 67.9 Å². The Balaban J connectivity index is 1.72. The summed E-state index contributed by atoms with van der Waals surface area (Å²) < 4.78 is 9.96. The zero-order valence-electron chi connectivity index (χ0n) is 12.9. The Kier molecular flexibility index (Phi) is 4.57. The lowest BCUT2D eigenvalue weighted by Crippen LogP contribution is -2.23. The van der Waals surface area contributed by atoms with Gasteiger partial charge in [0.25, 0.3) is 5.91 Å². The molecule has 1 aliphatic rings. The highest BCUT2D eigenvalue weighted by molar-refractivity contribution is 6.34. The van der Waals surface area contributed by atoms with E-state index in [1.54, 1.807) is 49.6 Å². The Morgan fingerprint density at radius 3 is 2.58 bits per heavy atom. The third-order valence-electron chi connectivity index (χ3n) is 3.63. The minimum absolute atomic E-state index is 0.294. The van der Waals surface area contributed by atoms with Gasteiger partial charge in [-0.25, -0.2) is 4.79 Å². The molecule has 24 heavy (non-hydrogen) atoms. The third kappa shape index (κ3) is 3.28. The van der Waals surface area contributed by atoms with Crippen LogP contribution in [0.5, 0.6) is 5.75 Å². The molecule has 2 amide bonds. The molecule has 0 bridgehead atoms. The number of halogens is 1. The molecule has 0 aliphatic carbocycles. The minimum atomic E-state index is -0.378. The van der Waals surface area contributed by atoms with Crippen molar-refractivity contribution < 1.29 is 19.1 Å². The van der Waals surface area contributed by atoms with Crippen LogP contribution in [-0.4, -0.2) is 32.3 Å². The van der Waals surface area contributed by atoms with Crippen LogP contribution in [0.1, 0.15) is 10.4 Å². The van der Waals surface area contributed by atoms with Gasteiger partial charge in [0, 0.05) is 17.3 Å². The van der Waals surface area contributed by atoms with Gasteiger partial charge in [-0.3, -0.25) is 9.69 Å². The summed E-state index contributed by atoms with van der Waals surface area (Å²) >= 11 is 6.11. The van der Waals surface area contributed by atoms with Gasteiger partial charge in [-0.2, -0.15) is 0 Å². The van der Waals surface area contributed by atoms with Gasteiger partial charge < -0.3 is 14.8 Å². The fraction of sp³-hybridized carbons (Fsp3) is 0.176. The highest BCUT2D eigenvalue weighted by Gasteiger charge is 2.23. The molecule has 7 heteroatoms.